The van der Waals surface area contributed by atoms with Gasteiger partial charge in [-0.1, -0.05) is 37.3 Å². The maximum atomic E-state index is 11.8. The molecule has 0 spiro atoms. The van der Waals surface area contributed by atoms with Gasteiger partial charge in [0.2, 0.25) is 0 Å². The molecular formula is C15H21NO3. The molecule has 2 N–H and O–H groups in total. The van der Waals surface area contributed by atoms with E-state index in [0.717, 1.165) is 5.56 Å². The van der Waals surface area contributed by atoms with Gasteiger partial charge in [0.1, 0.15) is 0 Å². The van der Waals surface area contributed by atoms with Crippen LogP contribution >= 0.6 is 0 Å². The molecule has 104 valence electrons. The molecule has 1 unspecified atom stereocenters. The minimum atomic E-state index is -1.15. The highest BCUT2D eigenvalue weighted by molar-refractivity contribution is 5.81. The molecular weight excluding hydrogens is 242 g/mol. The van der Waals surface area contributed by atoms with Crippen LogP contribution in [0.5, 0.6) is 0 Å². The molecule has 4 heteroatoms. The maximum Gasteiger partial charge on any atom is 0.331 e. The van der Waals surface area contributed by atoms with Crippen LogP contribution in [0.1, 0.15) is 25.3 Å². The summed E-state index contributed by atoms with van der Waals surface area (Å²) in [5.41, 5.74) is -0.412. The molecule has 0 aliphatic heterocycles. The number of carboxylic acid groups (broad SMARTS) is 1. The van der Waals surface area contributed by atoms with Crippen LogP contribution in [0, 0.1) is 5.92 Å². The zero-order chi connectivity index (χ0) is 13.7. The maximum absolute atomic E-state index is 11.8. The van der Waals surface area contributed by atoms with Crippen molar-refractivity contribution in [3.63, 3.8) is 0 Å². The predicted molar refractivity (Wildman–Crippen MR) is 73.0 cm³/mol. The van der Waals surface area contributed by atoms with E-state index in [-0.39, 0.29) is 6.61 Å². The Morgan fingerprint density at radius 2 is 2.11 bits per heavy atom. The fraction of sp³-hybridized carbons (Fsp3) is 0.533. The van der Waals surface area contributed by atoms with E-state index >= 15 is 0 Å². The minimum absolute atomic E-state index is 0.163. The third kappa shape index (κ3) is 3.33. The Hall–Kier alpha value is -1.39. The van der Waals surface area contributed by atoms with Crippen molar-refractivity contribution in [2.24, 2.45) is 5.92 Å². The molecule has 0 aromatic heterocycles. The summed E-state index contributed by atoms with van der Waals surface area (Å²) in [5, 5.41) is 12.7. The van der Waals surface area contributed by atoms with Gasteiger partial charge in [0.05, 0.1) is 6.61 Å². The summed E-state index contributed by atoms with van der Waals surface area (Å²) < 4.78 is 5.65. The minimum Gasteiger partial charge on any atom is -0.480 e. The Morgan fingerprint density at radius 1 is 1.42 bits per heavy atom. The van der Waals surface area contributed by atoms with Gasteiger partial charge < -0.3 is 9.84 Å². The van der Waals surface area contributed by atoms with E-state index in [0.29, 0.717) is 19.1 Å². The van der Waals surface area contributed by atoms with Crippen molar-refractivity contribution in [1.29, 1.82) is 0 Å². The molecule has 19 heavy (non-hydrogen) atoms. The zero-order valence-electron chi connectivity index (χ0n) is 11.3. The summed E-state index contributed by atoms with van der Waals surface area (Å²) in [6.45, 7) is 3.31. The van der Waals surface area contributed by atoms with Gasteiger partial charge in [0.25, 0.3) is 0 Å². The highest BCUT2D eigenvalue weighted by atomic mass is 16.5. The van der Waals surface area contributed by atoms with Crippen molar-refractivity contribution < 1.29 is 14.6 Å². The normalized spacial score (nSPS) is 17.9. The lowest BCUT2D eigenvalue weighted by Crippen LogP contribution is -2.52. The lowest BCUT2D eigenvalue weighted by atomic mass is 9.90. The molecule has 1 aromatic rings. The number of carbonyl (C=O) groups is 1. The van der Waals surface area contributed by atoms with E-state index in [1.807, 2.05) is 37.3 Å². The summed E-state index contributed by atoms with van der Waals surface area (Å²) in [7, 11) is 0. The predicted octanol–water partition coefficient (Wildman–Crippen LogP) is 2.00. The van der Waals surface area contributed by atoms with Crippen molar-refractivity contribution in [3.05, 3.63) is 35.9 Å². The van der Waals surface area contributed by atoms with Crippen molar-refractivity contribution in [3.8, 4) is 0 Å². The van der Waals surface area contributed by atoms with Crippen molar-refractivity contribution in [2.45, 2.75) is 25.3 Å². The highest BCUT2D eigenvalue weighted by Gasteiger charge is 2.40. The van der Waals surface area contributed by atoms with Crippen LogP contribution in [-0.2, 0) is 15.1 Å². The molecule has 0 bridgehead atoms. The van der Waals surface area contributed by atoms with Crippen LogP contribution in [0.3, 0.4) is 0 Å². The number of aliphatic carboxylic acids is 1. The Balaban J connectivity index is 2.16. The van der Waals surface area contributed by atoms with Gasteiger partial charge in [-0.3, -0.25) is 5.32 Å². The molecule has 1 aromatic carbocycles. The van der Waals surface area contributed by atoms with Crippen LogP contribution in [-0.4, -0.2) is 30.8 Å². The molecule has 1 atom stereocenters. The summed E-state index contributed by atoms with van der Waals surface area (Å²) in [6, 6.07) is 9.25. The second-order valence-corrected chi connectivity index (χ2v) is 5.07. The Morgan fingerprint density at radius 3 is 2.63 bits per heavy atom. The number of nitrogens with one attached hydrogen (secondary N) is 1. The van der Waals surface area contributed by atoms with Crippen molar-refractivity contribution in [2.75, 3.05) is 19.8 Å². The third-order valence-corrected chi connectivity index (χ3v) is 3.48. The number of hydrogen-bond acceptors (Lipinski definition) is 3. The quantitative estimate of drug-likeness (QED) is 0.753. The lowest BCUT2D eigenvalue weighted by molar-refractivity contribution is -0.148. The number of hydrogen-bond donors (Lipinski definition) is 2. The Labute approximate surface area is 113 Å². The third-order valence-electron chi connectivity index (χ3n) is 3.48. The first-order chi connectivity index (χ1) is 9.19. The standard InChI is InChI=1S/C15H21NO3/c1-2-16-15(14(17)18,11-19-10-12-8-9-12)13-6-4-3-5-7-13/h3-7,12,16H,2,8-11H2,1H3,(H,17,18). The van der Waals surface area contributed by atoms with Gasteiger partial charge in [0, 0.05) is 6.61 Å². The second-order valence-electron chi connectivity index (χ2n) is 5.07. The second kappa shape index (κ2) is 6.17. The largest absolute Gasteiger partial charge is 0.480 e. The Kier molecular flexibility index (Phi) is 4.56. The van der Waals surface area contributed by atoms with Gasteiger partial charge in [-0.15, -0.1) is 0 Å². The van der Waals surface area contributed by atoms with E-state index < -0.39 is 11.5 Å². The smallest absolute Gasteiger partial charge is 0.331 e. The lowest BCUT2D eigenvalue weighted by Gasteiger charge is -2.30. The zero-order valence-corrected chi connectivity index (χ0v) is 11.3. The van der Waals surface area contributed by atoms with Crippen LogP contribution in [0.2, 0.25) is 0 Å². The molecule has 1 aliphatic carbocycles. The first kappa shape index (κ1) is 14.0. The summed E-state index contributed by atoms with van der Waals surface area (Å²) in [4.78, 5) is 11.8. The van der Waals surface area contributed by atoms with Gasteiger partial charge in [-0.25, -0.2) is 4.79 Å². The Bertz CT molecular complexity index is 417. The van der Waals surface area contributed by atoms with Crippen LogP contribution in [0.15, 0.2) is 30.3 Å². The molecule has 1 fully saturated rings. The molecule has 0 heterocycles. The van der Waals surface area contributed by atoms with Crippen LogP contribution < -0.4 is 5.32 Å². The van der Waals surface area contributed by atoms with E-state index in [2.05, 4.69) is 5.32 Å². The summed E-state index contributed by atoms with van der Waals surface area (Å²) in [5.74, 6) is -0.264. The number of carboxylic acids is 1. The first-order valence-corrected chi connectivity index (χ1v) is 6.80. The van der Waals surface area contributed by atoms with Crippen LogP contribution in [0.4, 0.5) is 0 Å². The van der Waals surface area contributed by atoms with E-state index in [9.17, 15) is 9.90 Å². The highest BCUT2D eigenvalue weighted by Crippen LogP contribution is 2.30. The number of ether oxygens (including phenoxy) is 1. The number of benzene rings is 1. The topological polar surface area (TPSA) is 58.6 Å². The summed E-state index contributed by atoms with van der Waals surface area (Å²) in [6.07, 6.45) is 2.40. The fourth-order valence-corrected chi connectivity index (χ4v) is 2.18. The molecule has 0 amide bonds. The van der Waals surface area contributed by atoms with E-state index in [1.165, 1.54) is 12.8 Å². The fourth-order valence-electron chi connectivity index (χ4n) is 2.18. The van der Waals surface area contributed by atoms with Crippen molar-refractivity contribution >= 4 is 5.97 Å². The number of likely N-dealkylation sites (N-methyl/N-ethyl adjacent to an activating group) is 1. The summed E-state index contributed by atoms with van der Waals surface area (Å²) >= 11 is 0. The average molecular weight is 263 g/mol. The molecule has 2 rings (SSSR count). The van der Waals surface area contributed by atoms with Crippen LogP contribution in [0.25, 0.3) is 0 Å². The van der Waals surface area contributed by atoms with E-state index in [1.54, 1.807) is 0 Å². The first-order valence-electron chi connectivity index (χ1n) is 6.80. The van der Waals surface area contributed by atoms with Gasteiger partial charge in [-0.05, 0) is 30.9 Å². The number of rotatable bonds is 8. The SMILES string of the molecule is CCNC(COCC1CC1)(C(=O)O)c1ccccc1. The molecule has 1 saturated carbocycles. The average Bonchev–Trinajstić information content (AvgIpc) is 3.22. The van der Waals surface area contributed by atoms with Gasteiger partial charge in [-0.2, -0.15) is 0 Å². The molecule has 0 radical (unpaired) electrons. The van der Waals surface area contributed by atoms with Gasteiger partial charge in [0.15, 0.2) is 5.54 Å². The van der Waals surface area contributed by atoms with E-state index in [4.69, 9.17) is 4.74 Å². The van der Waals surface area contributed by atoms with Gasteiger partial charge >= 0.3 is 5.97 Å². The molecule has 0 saturated heterocycles. The van der Waals surface area contributed by atoms with Crippen molar-refractivity contribution in [1.82, 2.24) is 5.32 Å². The monoisotopic (exact) mass is 263 g/mol. The molecule has 4 nitrogen and oxygen atoms in total. The molecule has 1 aliphatic rings.